The second-order valence-corrected chi connectivity index (χ2v) is 11.0. The summed E-state index contributed by atoms with van der Waals surface area (Å²) in [5.41, 5.74) is 4.48. The number of esters is 1. The monoisotopic (exact) mass is 548 g/mol. The maximum absolute atomic E-state index is 13.4. The zero-order chi connectivity index (χ0) is 27.8. The smallest absolute Gasteiger partial charge is 0.303 e. The maximum Gasteiger partial charge on any atom is 0.303 e. The van der Waals surface area contributed by atoms with Crippen LogP contribution in [0.5, 0.6) is 0 Å². The standard InChI is InChI=1S/C30H36N4O4S/c1-21(35)38-27(30(37)34-15-9-14-26(34)22-10-5-4-6-11-22)17-28(36)31-18-29-32-25(20-39-29)16-23-12-7-8-13-24(23)19-33(2)3/h4-8,10-13,20,26-27H,9,14-19H2,1-3H3,(H,31,36)/t26?,27-/m1/s1. The molecule has 206 valence electrons. The lowest BCUT2D eigenvalue weighted by Gasteiger charge is -2.28. The van der Waals surface area contributed by atoms with Crippen molar-refractivity contribution in [2.75, 3.05) is 20.6 Å². The number of carbonyl (C=O) groups is 3. The molecule has 0 spiro atoms. The van der Waals surface area contributed by atoms with Gasteiger partial charge in [0.2, 0.25) is 5.91 Å². The van der Waals surface area contributed by atoms with Crippen molar-refractivity contribution in [3.63, 3.8) is 0 Å². The zero-order valence-electron chi connectivity index (χ0n) is 22.8. The molecule has 1 saturated heterocycles. The summed E-state index contributed by atoms with van der Waals surface area (Å²) in [4.78, 5) is 46.6. The summed E-state index contributed by atoms with van der Waals surface area (Å²) >= 11 is 1.49. The van der Waals surface area contributed by atoms with Crippen LogP contribution in [0.3, 0.4) is 0 Å². The van der Waals surface area contributed by atoms with Crippen LogP contribution in [0.1, 0.15) is 59.6 Å². The Bertz CT molecular complexity index is 1280. The summed E-state index contributed by atoms with van der Waals surface area (Å²) in [5, 5.41) is 5.64. The fraction of sp³-hybridized carbons (Fsp3) is 0.400. The number of nitrogens with one attached hydrogen (secondary N) is 1. The molecule has 1 aliphatic heterocycles. The normalized spacial score (nSPS) is 15.8. The lowest BCUT2D eigenvalue weighted by Crippen LogP contribution is -2.43. The van der Waals surface area contributed by atoms with E-state index in [2.05, 4.69) is 22.3 Å². The van der Waals surface area contributed by atoms with Crippen molar-refractivity contribution in [3.8, 4) is 0 Å². The van der Waals surface area contributed by atoms with Crippen molar-refractivity contribution in [2.45, 2.75) is 57.8 Å². The zero-order valence-corrected chi connectivity index (χ0v) is 23.6. The number of ether oxygens (including phenoxy) is 1. The van der Waals surface area contributed by atoms with Crippen molar-refractivity contribution < 1.29 is 19.1 Å². The summed E-state index contributed by atoms with van der Waals surface area (Å²) in [7, 11) is 4.10. The average molecular weight is 549 g/mol. The van der Waals surface area contributed by atoms with Crippen LogP contribution in [-0.2, 0) is 38.6 Å². The summed E-state index contributed by atoms with van der Waals surface area (Å²) in [5.74, 6) is -1.28. The molecule has 9 heteroatoms. The van der Waals surface area contributed by atoms with Gasteiger partial charge in [-0.15, -0.1) is 11.3 Å². The lowest BCUT2D eigenvalue weighted by molar-refractivity contribution is -0.160. The van der Waals surface area contributed by atoms with Gasteiger partial charge in [0.05, 0.1) is 24.7 Å². The van der Waals surface area contributed by atoms with Gasteiger partial charge in [-0.3, -0.25) is 14.4 Å². The Labute approximate surface area is 234 Å². The highest BCUT2D eigenvalue weighted by Crippen LogP contribution is 2.32. The fourth-order valence-corrected chi connectivity index (χ4v) is 5.70. The molecule has 1 unspecified atom stereocenters. The van der Waals surface area contributed by atoms with E-state index in [1.54, 1.807) is 4.90 Å². The molecule has 0 saturated carbocycles. The van der Waals surface area contributed by atoms with Gasteiger partial charge in [-0.25, -0.2) is 4.98 Å². The number of nitrogens with zero attached hydrogens (tertiary/aromatic N) is 3. The third-order valence-electron chi connectivity index (χ3n) is 6.69. The Kier molecular flexibility index (Phi) is 9.84. The predicted molar refractivity (Wildman–Crippen MR) is 151 cm³/mol. The molecule has 3 aromatic rings. The van der Waals surface area contributed by atoms with E-state index in [9.17, 15) is 14.4 Å². The van der Waals surface area contributed by atoms with Crippen LogP contribution in [0.2, 0.25) is 0 Å². The van der Waals surface area contributed by atoms with E-state index in [0.29, 0.717) is 6.54 Å². The first kappa shape index (κ1) is 28.4. The van der Waals surface area contributed by atoms with E-state index in [1.165, 1.54) is 29.4 Å². The second-order valence-electron chi connectivity index (χ2n) is 10.1. The molecule has 2 heterocycles. The number of thiazole rings is 1. The van der Waals surface area contributed by atoms with Crippen LogP contribution < -0.4 is 5.32 Å². The van der Waals surface area contributed by atoms with Crippen LogP contribution in [0.25, 0.3) is 0 Å². The van der Waals surface area contributed by atoms with Gasteiger partial charge in [0, 0.05) is 31.8 Å². The van der Waals surface area contributed by atoms with E-state index in [4.69, 9.17) is 9.72 Å². The number of carbonyl (C=O) groups excluding carboxylic acids is 3. The number of amides is 2. The summed E-state index contributed by atoms with van der Waals surface area (Å²) in [6, 6.07) is 18.1. The van der Waals surface area contributed by atoms with Crippen LogP contribution >= 0.6 is 11.3 Å². The highest BCUT2D eigenvalue weighted by molar-refractivity contribution is 7.09. The van der Waals surface area contributed by atoms with Gasteiger partial charge in [0.1, 0.15) is 5.01 Å². The molecule has 2 atom stereocenters. The molecule has 39 heavy (non-hydrogen) atoms. The molecular formula is C30H36N4O4S. The van der Waals surface area contributed by atoms with Crippen molar-refractivity contribution in [1.82, 2.24) is 20.1 Å². The minimum absolute atomic E-state index is 0.0867. The lowest BCUT2D eigenvalue weighted by atomic mass is 10.0. The third-order valence-corrected chi connectivity index (χ3v) is 7.58. The Hall–Kier alpha value is -3.56. The van der Waals surface area contributed by atoms with Gasteiger partial charge in [0.15, 0.2) is 6.10 Å². The molecule has 4 rings (SSSR count). The number of rotatable bonds is 11. The van der Waals surface area contributed by atoms with Crippen LogP contribution in [-0.4, -0.2) is 59.3 Å². The highest BCUT2D eigenvalue weighted by atomic mass is 32.1. The minimum Gasteiger partial charge on any atom is -0.452 e. The average Bonchev–Trinajstić information content (AvgIpc) is 3.58. The molecule has 2 aromatic carbocycles. The van der Waals surface area contributed by atoms with Gasteiger partial charge >= 0.3 is 5.97 Å². The first-order chi connectivity index (χ1) is 18.8. The van der Waals surface area contributed by atoms with Crippen molar-refractivity contribution >= 4 is 29.1 Å². The molecule has 8 nitrogen and oxygen atoms in total. The summed E-state index contributed by atoms with van der Waals surface area (Å²) in [6.45, 7) is 2.93. The number of hydrogen-bond donors (Lipinski definition) is 1. The van der Waals surface area contributed by atoms with Gasteiger partial charge in [0.25, 0.3) is 5.91 Å². The van der Waals surface area contributed by atoms with Crippen LogP contribution in [0, 0.1) is 0 Å². The highest BCUT2D eigenvalue weighted by Gasteiger charge is 2.36. The topological polar surface area (TPSA) is 91.8 Å². The SMILES string of the molecule is CC(=O)O[C@H](CC(=O)NCc1nc(Cc2ccccc2CN(C)C)cs1)C(=O)N1CCCC1c1ccccc1. The molecule has 0 bridgehead atoms. The number of likely N-dealkylation sites (tertiary alicyclic amines) is 1. The third kappa shape index (κ3) is 7.97. The Balaban J connectivity index is 1.35. The maximum atomic E-state index is 13.4. The van der Waals surface area contributed by atoms with E-state index in [1.807, 2.05) is 61.9 Å². The van der Waals surface area contributed by atoms with E-state index in [0.717, 1.165) is 42.1 Å². The van der Waals surface area contributed by atoms with Crippen molar-refractivity contribution in [3.05, 3.63) is 87.4 Å². The molecule has 1 aliphatic rings. The quantitative estimate of drug-likeness (QED) is 0.363. The Morgan fingerprint density at radius 3 is 2.54 bits per heavy atom. The molecule has 1 aromatic heterocycles. The minimum atomic E-state index is -1.16. The van der Waals surface area contributed by atoms with Gasteiger partial charge < -0.3 is 19.9 Å². The molecule has 0 aliphatic carbocycles. The molecule has 1 fully saturated rings. The predicted octanol–water partition coefficient (Wildman–Crippen LogP) is 4.10. The molecule has 2 amide bonds. The molecule has 1 N–H and O–H groups in total. The number of aromatic nitrogens is 1. The van der Waals surface area contributed by atoms with E-state index >= 15 is 0 Å². The summed E-state index contributed by atoms with van der Waals surface area (Å²) in [6.07, 6.45) is 1.02. The Morgan fingerprint density at radius 2 is 1.82 bits per heavy atom. The van der Waals surface area contributed by atoms with Gasteiger partial charge in [-0.2, -0.15) is 0 Å². The second kappa shape index (κ2) is 13.5. The van der Waals surface area contributed by atoms with Gasteiger partial charge in [-0.05, 0) is 43.6 Å². The first-order valence-electron chi connectivity index (χ1n) is 13.2. The van der Waals surface area contributed by atoms with E-state index in [-0.39, 0.29) is 30.8 Å². The largest absolute Gasteiger partial charge is 0.452 e. The first-order valence-corrected chi connectivity index (χ1v) is 14.1. The van der Waals surface area contributed by atoms with Crippen molar-refractivity contribution in [2.24, 2.45) is 0 Å². The number of benzene rings is 2. The van der Waals surface area contributed by atoms with E-state index < -0.39 is 12.1 Å². The number of hydrogen-bond acceptors (Lipinski definition) is 7. The molecular weight excluding hydrogens is 512 g/mol. The van der Waals surface area contributed by atoms with Crippen LogP contribution in [0.15, 0.2) is 60.0 Å². The molecule has 0 radical (unpaired) electrons. The van der Waals surface area contributed by atoms with Crippen LogP contribution in [0.4, 0.5) is 0 Å². The summed E-state index contributed by atoms with van der Waals surface area (Å²) < 4.78 is 5.33. The fourth-order valence-electron chi connectivity index (χ4n) is 4.96. The Morgan fingerprint density at radius 1 is 1.10 bits per heavy atom. The van der Waals surface area contributed by atoms with Crippen molar-refractivity contribution in [1.29, 1.82) is 0 Å². The van der Waals surface area contributed by atoms with Gasteiger partial charge in [-0.1, -0.05) is 54.6 Å².